The van der Waals surface area contributed by atoms with E-state index in [0.717, 1.165) is 6.54 Å². The highest BCUT2D eigenvalue weighted by atomic mass is 79.9. The van der Waals surface area contributed by atoms with Crippen LogP contribution in [0.2, 0.25) is 0 Å². The van der Waals surface area contributed by atoms with E-state index in [4.69, 9.17) is 9.47 Å². The van der Waals surface area contributed by atoms with E-state index < -0.39 is 0 Å². The number of benzene rings is 1. The number of hydrogen-bond donors (Lipinski definition) is 1. The molecule has 0 spiro atoms. The molecule has 102 valence electrons. The van der Waals surface area contributed by atoms with Crippen molar-refractivity contribution in [3.05, 3.63) is 34.1 Å². The summed E-state index contributed by atoms with van der Waals surface area (Å²) in [4.78, 5) is 0. The first-order chi connectivity index (χ1) is 8.70. The molecular formula is C13H19BrFNO2. The second-order valence-corrected chi connectivity index (χ2v) is 4.68. The first-order valence-electron chi connectivity index (χ1n) is 5.94. The van der Waals surface area contributed by atoms with Crippen LogP contribution in [0.15, 0.2) is 22.7 Å². The summed E-state index contributed by atoms with van der Waals surface area (Å²) >= 11 is 3.19. The summed E-state index contributed by atoms with van der Waals surface area (Å²) in [6, 6.07) is 5.13. The summed E-state index contributed by atoms with van der Waals surface area (Å²) in [6.45, 7) is 4.21. The predicted molar refractivity (Wildman–Crippen MR) is 73.2 cm³/mol. The van der Waals surface area contributed by atoms with E-state index in [-0.39, 0.29) is 11.9 Å². The van der Waals surface area contributed by atoms with Gasteiger partial charge in [-0.05, 0) is 28.5 Å². The van der Waals surface area contributed by atoms with Gasteiger partial charge in [0.2, 0.25) is 0 Å². The van der Waals surface area contributed by atoms with Gasteiger partial charge in [-0.25, -0.2) is 4.39 Å². The number of hydrogen-bond acceptors (Lipinski definition) is 3. The Morgan fingerprint density at radius 3 is 2.83 bits per heavy atom. The highest BCUT2D eigenvalue weighted by molar-refractivity contribution is 9.10. The van der Waals surface area contributed by atoms with Crippen molar-refractivity contribution >= 4 is 15.9 Å². The number of ether oxygens (including phenoxy) is 2. The molecule has 0 amide bonds. The van der Waals surface area contributed by atoms with Crippen LogP contribution < -0.4 is 5.32 Å². The highest BCUT2D eigenvalue weighted by Crippen LogP contribution is 2.24. The summed E-state index contributed by atoms with van der Waals surface area (Å²) in [5, 5.41) is 3.22. The molecule has 0 saturated heterocycles. The molecule has 1 atom stereocenters. The average Bonchev–Trinajstić information content (AvgIpc) is 2.37. The zero-order chi connectivity index (χ0) is 13.4. The van der Waals surface area contributed by atoms with E-state index in [9.17, 15) is 4.39 Å². The lowest BCUT2D eigenvalue weighted by molar-refractivity contribution is 0.0583. The van der Waals surface area contributed by atoms with Gasteiger partial charge in [-0.3, -0.25) is 0 Å². The fourth-order valence-electron chi connectivity index (χ4n) is 1.64. The maximum absolute atomic E-state index is 14.0. The Morgan fingerprint density at radius 1 is 1.39 bits per heavy atom. The maximum Gasteiger partial charge on any atom is 0.142 e. The number of likely N-dealkylation sites (N-methyl/N-ethyl adjacent to an activating group) is 1. The number of halogens is 2. The summed E-state index contributed by atoms with van der Waals surface area (Å²) in [5.74, 6) is -0.237. The van der Waals surface area contributed by atoms with Crippen LogP contribution >= 0.6 is 15.9 Å². The van der Waals surface area contributed by atoms with Gasteiger partial charge in [0.25, 0.3) is 0 Å². The van der Waals surface area contributed by atoms with Crippen molar-refractivity contribution in [3.63, 3.8) is 0 Å². The molecule has 18 heavy (non-hydrogen) atoms. The van der Waals surface area contributed by atoms with Gasteiger partial charge in [0, 0.05) is 12.7 Å². The molecule has 0 radical (unpaired) electrons. The van der Waals surface area contributed by atoms with Crippen LogP contribution in [-0.4, -0.2) is 33.5 Å². The van der Waals surface area contributed by atoms with Gasteiger partial charge in [-0.15, -0.1) is 0 Å². The van der Waals surface area contributed by atoms with Gasteiger partial charge in [0.15, 0.2) is 0 Å². The van der Waals surface area contributed by atoms with Crippen LogP contribution in [0, 0.1) is 5.82 Å². The second kappa shape index (κ2) is 8.58. The largest absolute Gasteiger partial charge is 0.382 e. The molecule has 0 saturated carbocycles. The smallest absolute Gasteiger partial charge is 0.142 e. The van der Waals surface area contributed by atoms with Crippen LogP contribution in [0.5, 0.6) is 0 Å². The molecule has 0 aliphatic heterocycles. The van der Waals surface area contributed by atoms with E-state index in [2.05, 4.69) is 21.2 Å². The van der Waals surface area contributed by atoms with E-state index in [1.807, 2.05) is 13.0 Å². The van der Waals surface area contributed by atoms with Gasteiger partial charge in [-0.2, -0.15) is 0 Å². The maximum atomic E-state index is 14.0. The fraction of sp³-hybridized carbons (Fsp3) is 0.538. The Balaban J connectivity index is 2.68. The Kier molecular flexibility index (Phi) is 7.42. The Bertz CT molecular complexity index is 363. The number of rotatable bonds is 8. The molecule has 0 bridgehead atoms. The quantitative estimate of drug-likeness (QED) is 0.747. The summed E-state index contributed by atoms with van der Waals surface area (Å²) in [7, 11) is 1.62. The molecule has 1 aromatic rings. The third-order valence-electron chi connectivity index (χ3n) is 2.52. The highest BCUT2D eigenvalue weighted by Gasteiger charge is 2.16. The standard InChI is InChI=1S/C13H19BrFNO2/c1-3-16-12(9-18-8-7-17-2)10-5-4-6-11(14)13(10)15/h4-6,12,16H,3,7-9H2,1-2H3. The molecule has 0 aliphatic rings. The molecular weight excluding hydrogens is 301 g/mol. The zero-order valence-electron chi connectivity index (χ0n) is 10.7. The summed E-state index contributed by atoms with van der Waals surface area (Å²) in [6.07, 6.45) is 0. The molecule has 3 nitrogen and oxygen atoms in total. The lowest BCUT2D eigenvalue weighted by Crippen LogP contribution is -2.27. The van der Waals surface area contributed by atoms with Crippen LogP contribution in [0.3, 0.4) is 0 Å². The van der Waals surface area contributed by atoms with Gasteiger partial charge < -0.3 is 14.8 Å². The van der Waals surface area contributed by atoms with Gasteiger partial charge >= 0.3 is 0 Å². The minimum Gasteiger partial charge on any atom is -0.382 e. The van der Waals surface area contributed by atoms with Crippen LogP contribution in [0.4, 0.5) is 4.39 Å². The predicted octanol–water partition coefficient (Wildman–Crippen LogP) is 2.90. The second-order valence-electron chi connectivity index (χ2n) is 3.82. The lowest BCUT2D eigenvalue weighted by Gasteiger charge is -2.19. The lowest BCUT2D eigenvalue weighted by atomic mass is 10.1. The van der Waals surface area contributed by atoms with Crippen LogP contribution in [-0.2, 0) is 9.47 Å². The molecule has 0 aromatic heterocycles. The molecule has 0 aliphatic carbocycles. The normalized spacial score (nSPS) is 12.7. The van der Waals surface area contributed by atoms with Crippen molar-refractivity contribution in [2.75, 3.05) is 33.5 Å². The van der Waals surface area contributed by atoms with Crippen molar-refractivity contribution < 1.29 is 13.9 Å². The third-order valence-corrected chi connectivity index (χ3v) is 3.14. The van der Waals surface area contributed by atoms with Gasteiger partial charge in [0.1, 0.15) is 5.82 Å². The third kappa shape index (κ3) is 4.65. The van der Waals surface area contributed by atoms with Crippen molar-refractivity contribution in [3.8, 4) is 0 Å². The molecule has 1 aromatic carbocycles. The Morgan fingerprint density at radius 2 is 2.17 bits per heavy atom. The molecule has 0 fully saturated rings. The van der Waals surface area contributed by atoms with E-state index in [0.29, 0.717) is 29.9 Å². The molecule has 1 unspecified atom stereocenters. The van der Waals surface area contributed by atoms with Gasteiger partial charge in [0.05, 0.1) is 30.3 Å². The Labute approximate surface area is 116 Å². The molecule has 1 N–H and O–H groups in total. The first kappa shape index (κ1) is 15.6. The first-order valence-corrected chi connectivity index (χ1v) is 6.74. The van der Waals surface area contributed by atoms with Crippen LogP contribution in [0.1, 0.15) is 18.5 Å². The van der Waals surface area contributed by atoms with Crippen molar-refractivity contribution in [1.29, 1.82) is 0 Å². The Hall–Kier alpha value is -0.490. The number of methoxy groups -OCH3 is 1. The molecule has 0 heterocycles. The van der Waals surface area contributed by atoms with Crippen molar-refractivity contribution in [1.82, 2.24) is 5.32 Å². The summed E-state index contributed by atoms with van der Waals surface area (Å²) in [5.41, 5.74) is 0.614. The molecule has 5 heteroatoms. The zero-order valence-corrected chi connectivity index (χ0v) is 12.3. The topological polar surface area (TPSA) is 30.5 Å². The minimum atomic E-state index is -0.237. The SMILES string of the molecule is CCNC(COCCOC)c1cccc(Br)c1F. The van der Waals surface area contributed by atoms with Crippen molar-refractivity contribution in [2.45, 2.75) is 13.0 Å². The monoisotopic (exact) mass is 319 g/mol. The molecule has 1 rings (SSSR count). The van der Waals surface area contributed by atoms with E-state index >= 15 is 0 Å². The number of nitrogens with one attached hydrogen (secondary N) is 1. The average molecular weight is 320 g/mol. The van der Waals surface area contributed by atoms with Crippen molar-refractivity contribution in [2.24, 2.45) is 0 Å². The van der Waals surface area contributed by atoms with E-state index in [1.54, 1.807) is 19.2 Å². The van der Waals surface area contributed by atoms with Crippen LogP contribution in [0.25, 0.3) is 0 Å². The fourth-order valence-corrected chi connectivity index (χ4v) is 2.02. The van der Waals surface area contributed by atoms with Gasteiger partial charge in [-0.1, -0.05) is 19.1 Å². The minimum absolute atomic E-state index is 0.149. The summed E-state index contributed by atoms with van der Waals surface area (Å²) < 4.78 is 24.8. The van der Waals surface area contributed by atoms with E-state index in [1.165, 1.54) is 0 Å².